The van der Waals surface area contributed by atoms with Crippen LogP contribution >= 0.6 is 0 Å². The van der Waals surface area contributed by atoms with E-state index in [4.69, 9.17) is 13.1 Å². The van der Waals surface area contributed by atoms with Gasteiger partial charge < -0.3 is 0 Å². The number of nitrogens with zero attached hydrogens (tertiary/aromatic N) is 6. The Labute approximate surface area is 244 Å². The summed E-state index contributed by atoms with van der Waals surface area (Å²) in [6.45, 7) is 17.1. The van der Waals surface area contributed by atoms with E-state index in [-0.39, 0.29) is 57.3 Å². The molecule has 3 aromatic rings. The lowest BCUT2D eigenvalue weighted by molar-refractivity contribution is -0.137. The zero-order valence-corrected chi connectivity index (χ0v) is 22.4. The maximum atomic E-state index is 13.7. The largest absolute Gasteiger partial charge is 0.523 e. The molecule has 0 amide bonds. The van der Waals surface area contributed by atoms with Crippen molar-refractivity contribution in [2.75, 3.05) is 0 Å². The minimum absolute atomic E-state index is 0.0339. The van der Waals surface area contributed by atoms with Crippen LogP contribution in [0.15, 0.2) is 71.1 Å². The number of hydrogen-bond acceptors (Lipinski definition) is 4. The Morgan fingerprint density at radius 1 is 0.767 bits per heavy atom. The summed E-state index contributed by atoms with van der Waals surface area (Å²) in [5.74, 6) is -0.223. The Bertz CT molecular complexity index is 2210. The van der Waals surface area contributed by atoms with Crippen molar-refractivity contribution in [1.29, 1.82) is 21.0 Å². The van der Waals surface area contributed by atoms with E-state index in [0.29, 0.717) is 33.1 Å². The van der Waals surface area contributed by atoms with Gasteiger partial charge in [0.05, 0.1) is 22.3 Å². The van der Waals surface area contributed by atoms with E-state index in [0.717, 1.165) is 17.7 Å². The average molecular weight is 565 g/mol. The van der Waals surface area contributed by atoms with E-state index >= 15 is 0 Å². The number of nitriles is 4. The predicted octanol–water partition coefficient (Wildman–Crippen LogP) is 5.66. The molecule has 0 radical (unpaired) electrons. The fourth-order valence-electron chi connectivity index (χ4n) is 5.85. The van der Waals surface area contributed by atoms with Gasteiger partial charge >= 0.3 is 12.0 Å². The molecule has 0 atom stereocenters. The first-order valence-corrected chi connectivity index (χ1v) is 12.7. The molecule has 5 rings (SSSR count). The van der Waals surface area contributed by atoms with Crippen molar-refractivity contribution < 1.29 is 13.2 Å². The quantitative estimate of drug-likeness (QED) is 0.296. The highest BCUT2D eigenvalue weighted by Crippen LogP contribution is 2.39. The van der Waals surface area contributed by atoms with Crippen LogP contribution < -0.4 is 10.4 Å². The monoisotopic (exact) mass is 564 g/mol. The van der Waals surface area contributed by atoms with Crippen LogP contribution in [0.3, 0.4) is 0 Å². The van der Waals surface area contributed by atoms with Gasteiger partial charge in [0.2, 0.25) is 0 Å². The number of alkyl halides is 3. The van der Waals surface area contributed by atoms with Crippen LogP contribution in [-0.2, 0) is 19.0 Å². The normalized spacial score (nSPS) is 13.1. The number of benzene rings is 3. The van der Waals surface area contributed by atoms with E-state index in [9.17, 15) is 34.2 Å². The summed E-state index contributed by atoms with van der Waals surface area (Å²) in [6, 6.07) is 19.7. The fourth-order valence-corrected chi connectivity index (χ4v) is 5.85. The average Bonchev–Trinajstić information content (AvgIpc) is 3.57. The molecule has 0 heterocycles. The van der Waals surface area contributed by atoms with Crippen molar-refractivity contribution in [3.05, 3.63) is 149 Å². The van der Waals surface area contributed by atoms with E-state index < -0.39 is 11.7 Å². The highest BCUT2D eigenvalue weighted by atomic mass is 19.4. The Kier molecular flexibility index (Phi) is 6.90. The van der Waals surface area contributed by atoms with Crippen LogP contribution in [0.2, 0.25) is 0 Å². The fraction of sp³-hybridized carbons (Fsp3) is 0.118. The molecule has 0 fully saturated rings. The van der Waals surface area contributed by atoms with E-state index in [1.807, 2.05) is 31.2 Å². The Hall–Kier alpha value is -6.39. The van der Waals surface area contributed by atoms with Gasteiger partial charge in [0, 0.05) is 16.9 Å². The van der Waals surface area contributed by atoms with Crippen molar-refractivity contribution in [1.82, 2.24) is 0 Å². The molecule has 43 heavy (non-hydrogen) atoms. The molecule has 6 nitrogen and oxygen atoms in total. The third-order valence-corrected chi connectivity index (χ3v) is 7.53. The van der Waals surface area contributed by atoms with Crippen LogP contribution in [-0.4, -0.2) is 0 Å². The highest BCUT2D eigenvalue weighted by Gasteiger charge is 2.37. The smallest absolute Gasteiger partial charge is 0.192 e. The molecule has 9 heteroatoms. The van der Waals surface area contributed by atoms with Gasteiger partial charge in [-0.3, -0.25) is 0 Å². The number of rotatable bonds is 2. The minimum atomic E-state index is -4.68. The maximum absolute atomic E-state index is 13.7. The molecule has 0 aliphatic heterocycles. The second-order valence-electron chi connectivity index (χ2n) is 9.84. The zero-order valence-electron chi connectivity index (χ0n) is 22.4. The molecule has 0 N–H and O–H groups in total. The lowest BCUT2D eigenvalue weighted by Gasteiger charge is -2.12. The maximum Gasteiger partial charge on any atom is 0.523 e. The van der Waals surface area contributed by atoms with Gasteiger partial charge in [-0.05, 0) is 64.5 Å². The molecule has 0 unspecified atom stereocenters. The summed E-state index contributed by atoms with van der Waals surface area (Å²) >= 11 is 0. The van der Waals surface area contributed by atoms with Crippen molar-refractivity contribution in [3.8, 4) is 24.3 Å². The molecule has 2 aliphatic carbocycles. The van der Waals surface area contributed by atoms with Gasteiger partial charge in [0.1, 0.15) is 43.0 Å². The third-order valence-electron chi connectivity index (χ3n) is 7.53. The van der Waals surface area contributed by atoms with Crippen molar-refractivity contribution in [2.45, 2.75) is 25.9 Å². The van der Waals surface area contributed by atoms with Gasteiger partial charge in [-0.15, -0.1) is 0 Å². The van der Waals surface area contributed by atoms with E-state index in [1.165, 1.54) is 12.1 Å². The summed E-state index contributed by atoms with van der Waals surface area (Å²) in [4.78, 5) is 6.82. The van der Waals surface area contributed by atoms with Gasteiger partial charge in [-0.25, -0.2) is 0 Å². The molecule has 0 saturated heterocycles. The first-order chi connectivity index (χ1) is 20.6. The van der Waals surface area contributed by atoms with Crippen molar-refractivity contribution >= 4 is 11.1 Å². The lowest BCUT2D eigenvalue weighted by Crippen LogP contribution is -2.26. The second kappa shape index (κ2) is 10.5. The number of hydrogen-bond donors (Lipinski definition) is 0. The number of aryl methyl sites for hydroxylation is 1. The van der Waals surface area contributed by atoms with Gasteiger partial charge in [0.25, 0.3) is 0 Å². The summed E-state index contributed by atoms with van der Waals surface area (Å²) < 4.78 is 41.2. The molecule has 0 saturated carbocycles. The van der Waals surface area contributed by atoms with Crippen LogP contribution in [0.5, 0.6) is 0 Å². The molecular formula is C34H15F3N6. The SMILES string of the molecule is [C-]#[N+]C([N+]#[C-])=C1Cc2c(C#N)c3c(c(C#N)c2=C1c1cccc(C)c1)CC(=C(C#N)C#N)C=3c1cccc(C(F)(F)F)c1. The first-order valence-electron chi connectivity index (χ1n) is 12.7. The molecule has 3 aromatic carbocycles. The van der Waals surface area contributed by atoms with Crippen LogP contribution in [0, 0.1) is 65.4 Å². The summed E-state index contributed by atoms with van der Waals surface area (Å²) in [6.07, 6.45) is -4.88. The van der Waals surface area contributed by atoms with Crippen LogP contribution in [0.4, 0.5) is 13.2 Å². The molecular weight excluding hydrogens is 549 g/mol. The number of allylic oxidation sites excluding steroid dienone is 3. The zero-order chi connectivity index (χ0) is 31.1. The minimum Gasteiger partial charge on any atom is -0.192 e. The Balaban J connectivity index is 2.08. The van der Waals surface area contributed by atoms with Gasteiger partial charge in [0.15, 0.2) is 0 Å². The third kappa shape index (κ3) is 4.40. The Morgan fingerprint density at radius 3 is 1.77 bits per heavy atom. The molecule has 0 bridgehead atoms. The number of halogens is 3. The van der Waals surface area contributed by atoms with Crippen molar-refractivity contribution in [3.63, 3.8) is 0 Å². The first kappa shape index (κ1) is 28.1. The summed E-state index contributed by atoms with van der Waals surface area (Å²) in [5, 5.41) is 41.2. The topological polar surface area (TPSA) is 104 Å². The number of fused-ring (bicyclic) bond motifs is 2. The van der Waals surface area contributed by atoms with Crippen LogP contribution in [0.1, 0.15) is 44.5 Å². The molecule has 2 aliphatic rings. The van der Waals surface area contributed by atoms with Crippen molar-refractivity contribution in [2.24, 2.45) is 0 Å². The molecule has 202 valence electrons. The Morgan fingerprint density at radius 2 is 1.28 bits per heavy atom. The standard InChI is InChI=1S/C34H15F3N6/c1-18-6-4-7-19(10-18)30-26(33(42-2)43-3)13-25-28(17-41)31-24(27(16-40)32(25)30)12-23(21(14-38)15-39)29(31)20-8-5-9-22(11-20)34(35,36)37/h4-11H,12-13H2,1H3. The second-order valence-corrected chi connectivity index (χ2v) is 9.84. The molecule has 0 spiro atoms. The van der Waals surface area contributed by atoms with Gasteiger partial charge in [-0.2, -0.15) is 43.9 Å². The molecule has 0 aromatic heterocycles. The summed E-state index contributed by atoms with van der Waals surface area (Å²) in [7, 11) is 0. The van der Waals surface area contributed by atoms with Crippen LogP contribution in [0.25, 0.3) is 20.8 Å². The predicted molar refractivity (Wildman–Crippen MR) is 149 cm³/mol. The van der Waals surface area contributed by atoms with E-state index in [1.54, 1.807) is 12.1 Å². The van der Waals surface area contributed by atoms with E-state index in [2.05, 4.69) is 21.8 Å². The van der Waals surface area contributed by atoms with Gasteiger partial charge in [-0.1, -0.05) is 42.0 Å². The lowest BCUT2D eigenvalue weighted by atomic mass is 9.92. The highest BCUT2D eigenvalue weighted by molar-refractivity contribution is 5.91. The summed E-state index contributed by atoms with van der Waals surface area (Å²) in [5.41, 5.74) is 2.06.